The van der Waals surface area contributed by atoms with Gasteiger partial charge in [0.1, 0.15) is 0 Å². The van der Waals surface area contributed by atoms with E-state index < -0.39 is 9.84 Å². The number of rotatable bonds is 4. The third-order valence-electron chi connectivity index (χ3n) is 3.88. The summed E-state index contributed by atoms with van der Waals surface area (Å²) >= 11 is 1.66. The fourth-order valence-corrected chi connectivity index (χ4v) is 5.50. The highest BCUT2D eigenvalue weighted by Gasteiger charge is 2.27. The number of benzene rings is 1. The van der Waals surface area contributed by atoms with Gasteiger partial charge in [-0.3, -0.25) is 0 Å². The van der Waals surface area contributed by atoms with Crippen LogP contribution in [0.1, 0.15) is 12.0 Å². The molecule has 1 aromatic heterocycles. The monoisotopic (exact) mass is 338 g/mol. The second-order valence-corrected chi connectivity index (χ2v) is 8.73. The number of sulfone groups is 1. The zero-order chi connectivity index (χ0) is 15.6. The first-order chi connectivity index (χ1) is 10.5. The molecule has 1 aromatic carbocycles. The fraction of sp³-hybridized carbons (Fsp3) is 0.400. The molecule has 1 saturated heterocycles. The predicted molar refractivity (Wildman–Crippen MR) is 88.8 cm³/mol. The van der Waals surface area contributed by atoms with E-state index in [1.807, 2.05) is 18.2 Å². The van der Waals surface area contributed by atoms with Crippen molar-refractivity contribution >= 4 is 37.3 Å². The molecule has 2 amide bonds. The van der Waals surface area contributed by atoms with Crippen LogP contribution in [0, 0.1) is 5.92 Å². The molecule has 5 nitrogen and oxygen atoms in total. The van der Waals surface area contributed by atoms with Gasteiger partial charge in [0.2, 0.25) is 0 Å². The van der Waals surface area contributed by atoms with E-state index in [2.05, 4.69) is 22.1 Å². The molecule has 2 N–H and O–H groups in total. The number of carbonyl (C=O) groups excluding carboxylic acids is 1. The van der Waals surface area contributed by atoms with Crippen molar-refractivity contribution in [2.45, 2.75) is 13.0 Å². The number of amides is 2. The Morgan fingerprint density at radius 1 is 1.27 bits per heavy atom. The highest BCUT2D eigenvalue weighted by Crippen LogP contribution is 2.25. The fourth-order valence-electron chi connectivity index (χ4n) is 2.68. The largest absolute Gasteiger partial charge is 0.338 e. The van der Waals surface area contributed by atoms with Crippen molar-refractivity contribution in [1.29, 1.82) is 0 Å². The molecule has 0 saturated carbocycles. The molecule has 2 heterocycles. The van der Waals surface area contributed by atoms with Gasteiger partial charge in [0.05, 0.1) is 11.5 Å². The van der Waals surface area contributed by atoms with Crippen molar-refractivity contribution in [3.05, 3.63) is 35.2 Å². The van der Waals surface area contributed by atoms with Crippen molar-refractivity contribution in [3.8, 4) is 0 Å². The summed E-state index contributed by atoms with van der Waals surface area (Å²) in [4.78, 5) is 11.8. The lowest BCUT2D eigenvalue weighted by Gasteiger charge is -2.10. The van der Waals surface area contributed by atoms with Gasteiger partial charge in [0.25, 0.3) is 0 Å². The molecule has 1 aliphatic rings. The second-order valence-electron chi connectivity index (χ2n) is 5.59. The maximum Gasteiger partial charge on any atom is 0.315 e. The van der Waals surface area contributed by atoms with E-state index in [0.29, 0.717) is 19.5 Å². The van der Waals surface area contributed by atoms with Crippen LogP contribution in [0.4, 0.5) is 4.79 Å². The van der Waals surface area contributed by atoms with Crippen molar-refractivity contribution in [2.75, 3.05) is 18.1 Å². The minimum Gasteiger partial charge on any atom is -0.338 e. The summed E-state index contributed by atoms with van der Waals surface area (Å²) in [6.45, 7) is 0.883. The average molecular weight is 338 g/mol. The Labute approximate surface area is 133 Å². The second kappa shape index (κ2) is 6.26. The van der Waals surface area contributed by atoms with E-state index in [9.17, 15) is 13.2 Å². The van der Waals surface area contributed by atoms with Gasteiger partial charge >= 0.3 is 6.03 Å². The van der Waals surface area contributed by atoms with Gasteiger partial charge in [-0.25, -0.2) is 13.2 Å². The smallest absolute Gasteiger partial charge is 0.315 e. The molecule has 22 heavy (non-hydrogen) atoms. The minimum atomic E-state index is -2.89. The number of thiophene rings is 1. The first kappa shape index (κ1) is 15.3. The summed E-state index contributed by atoms with van der Waals surface area (Å²) in [5, 5.41) is 8.80. The summed E-state index contributed by atoms with van der Waals surface area (Å²) in [5.41, 5.74) is 1.10. The molecular formula is C15H18N2O3S2. The molecule has 2 aromatic rings. The average Bonchev–Trinajstić information content (AvgIpc) is 3.06. The van der Waals surface area contributed by atoms with Crippen LogP contribution in [0.5, 0.6) is 0 Å². The van der Waals surface area contributed by atoms with Crippen molar-refractivity contribution in [1.82, 2.24) is 10.6 Å². The van der Waals surface area contributed by atoms with E-state index in [1.54, 1.807) is 11.3 Å². The van der Waals surface area contributed by atoms with Gasteiger partial charge in [-0.15, -0.1) is 11.3 Å². The van der Waals surface area contributed by atoms with E-state index in [0.717, 1.165) is 10.9 Å². The van der Waals surface area contributed by atoms with Gasteiger partial charge in [-0.2, -0.15) is 0 Å². The maximum absolute atomic E-state index is 11.8. The Balaban J connectivity index is 1.48. The van der Waals surface area contributed by atoms with E-state index in [1.165, 1.54) is 4.70 Å². The van der Waals surface area contributed by atoms with Crippen molar-refractivity contribution in [3.63, 3.8) is 0 Å². The molecule has 0 spiro atoms. The molecule has 7 heteroatoms. The lowest BCUT2D eigenvalue weighted by Crippen LogP contribution is -2.38. The summed E-state index contributed by atoms with van der Waals surface area (Å²) in [7, 11) is -2.89. The van der Waals surface area contributed by atoms with Gasteiger partial charge in [0.15, 0.2) is 9.84 Å². The van der Waals surface area contributed by atoms with Crippen LogP contribution in [0.2, 0.25) is 0 Å². The van der Waals surface area contributed by atoms with E-state index in [-0.39, 0.29) is 23.5 Å². The Morgan fingerprint density at radius 3 is 2.86 bits per heavy atom. The third kappa shape index (κ3) is 3.59. The van der Waals surface area contributed by atoms with Crippen molar-refractivity contribution in [2.24, 2.45) is 5.92 Å². The Bertz CT molecular complexity index is 783. The highest BCUT2D eigenvalue weighted by atomic mass is 32.2. The molecule has 1 aliphatic heterocycles. The summed E-state index contributed by atoms with van der Waals surface area (Å²) in [6, 6.07) is 7.84. The summed E-state index contributed by atoms with van der Waals surface area (Å²) < 4.78 is 23.9. The lowest BCUT2D eigenvalue weighted by molar-refractivity contribution is 0.239. The molecule has 0 aliphatic carbocycles. The molecule has 3 rings (SSSR count). The molecule has 0 unspecified atom stereocenters. The number of hydrogen-bond acceptors (Lipinski definition) is 4. The zero-order valence-corrected chi connectivity index (χ0v) is 13.7. The number of urea groups is 1. The number of nitrogens with one attached hydrogen (secondary N) is 2. The number of carbonyl (C=O) groups is 1. The van der Waals surface area contributed by atoms with E-state index in [4.69, 9.17) is 0 Å². The van der Waals surface area contributed by atoms with Crippen LogP contribution in [0.3, 0.4) is 0 Å². The van der Waals surface area contributed by atoms with Gasteiger partial charge in [-0.1, -0.05) is 18.2 Å². The van der Waals surface area contributed by atoms with Crippen molar-refractivity contribution < 1.29 is 13.2 Å². The zero-order valence-electron chi connectivity index (χ0n) is 12.0. The minimum absolute atomic E-state index is 0.0396. The van der Waals surface area contributed by atoms with Crippen LogP contribution in [0.25, 0.3) is 10.1 Å². The lowest BCUT2D eigenvalue weighted by atomic mass is 10.1. The standard InChI is InChI=1S/C15H18N2O3S2/c18-15(16-7-11-5-6-22(19,20)10-11)17-8-12-9-21-14-4-2-1-3-13(12)14/h1-4,9,11H,5-8,10H2,(H2,16,17,18)/t11-/m0/s1. The molecule has 118 valence electrons. The Kier molecular flexibility index (Phi) is 4.35. The molecule has 0 bridgehead atoms. The highest BCUT2D eigenvalue weighted by molar-refractivity contribution is 7.91. The van der Waals surface area contributed by atoms with Crippen LogP contribution < -0.4 is 10.6 Å². The molecule has 1 fully saturated rings. The van der Waals surface area contributed by atoms with Crippen LogP contribution in [0.15, 0.2) is 29.6 Å². The van der Waals surface area contributed by atoms with E-state index >= 15 is 0 Å². The Hall–Kier alpha value is -1.60. The SMILES string of the molecule is O=C(NCc1csc2ccccc12)NC[C@@H]1CCS(=O)(=O)C1. The predicted octanol–water partition coefficient (Wildman–Crippen LogP) is 2.14. The Morgan fingerprint density at radius 2 is 2.09 bits per heavy atom. The van der Waals surface area contributed by atoms with Gasteiger partial charge in [-0.05, 0) is 34.7 Å². The topological polar surface area (TPSA) is 75.3 Å². The summed E-state index contributed by atoms with van der Waals surface area (Å²) in [6.07, 6.45) is 0.637. The maximum atomic E-state index is 11.8. The third-order valence-corrected chi connectivity index (χ3v) is 6.73. The molecular weight excluding hydrogens is 320 g/mol. The van der Waals surface area contributed by atoms with Gasteiger partial charge in [0, 0.05) is 17.8 Å². The quantitative estimate of drug-likeness (QED) is 0.897. The number of fused-ring (bicyclic) bond motifs is 1. The van der Waals surface area contributed by atoms with Gasteiger partial charge < -0.3 is 10.6 Å². The van der Waals surface area contributed by atoms with Crippen LogP contribution in [-0.4, -0.2) is 32.5 Å². The van der Waals surface area contributed by atoms with Crippen LogP contribution >= 0.6 is 11.3 Å². The number of hydrogen-bond donors (Lipinski definition) is 2. The molecule has 1 atom stereocenters. The first-order valence-corrected chi connectivity index (χ1v) is 9.91. The first-order valence-electron chi connectivity index (χ1n) is 7.21. The summed E-state index contributed by atoms with van der Waals surface area (Å²) in [5.74, 6) is 0.461. The normalized spacial score (nSPS) is 20.1. The van der Waals surface area contributed by atoms with Crippen LogP contribution in [-0.2, 0) is 16.4 Å². The molecule has 0 radical (unpaired) electrons.